The summed E-state index contributed by atoms with van der Waals surface area (Å²) in [6.45, 7) is 0.130. The van der Waals surface area contributed by atoms with Gasteiger partial charge in [-0.1, -0.05) is 56.0 Å². The smallest absolute Gasteiger partial charge is 0.263 e. The summed E-state index contributed by atoms with van der Waals surface area (Å²) in [5, 5.41) is 15.7. The van der Waals surface area contributed by atoms with Crippen molar-refractivity contribution in [3.05, 3.63) is 103 Å². The van der Waals surface area contributed by atoms with Crippen molar-refractivity contribution in [1.29, 1.82) is 0 Å². The lowest BCUT2D eigenvalue weighted by molar-refractivity contribution is -0.118. The number of sulfonamides is 1. The molecule has 13 heteroatoms. The first-order valence-electron chi connectivity index (χ1n) is 13.0. The Morgan fingerprint density at radius 1 is 0.841 bits per heavy atom. The summed E-state index contributed by atoms with van der Waals surface area (Å²) >= 11 is 0. The zero-order valence-electron chi connectivity index (χ0n) is 22.9. The molecule has 12 nitrogen and oxygen atoms in total. The number of aromatic hydroxyl groups is 1. The predicted molar refractivity (Wildman–Crippen MR) is 169 cm³/mol. The van der Waals surface area contributed by atoms with Gasteiger partial charge < -0.3 is 20.5 Å². The average Bonchev–Trinajstić information content (AvgIpc) is 3.00. The van der Waals surface area contributed by atoms with Crippen molar-refractivity contribution in [2.24, 2.45) is 0 Å². The molecule has 0 bridgehead atoms. The molecule has 0 saturated carbocycles. The van der Waals surface area contributed by atoms with E-state index >= 15 is 0 Å². The first kappa shape index (κ1) is 31.7. The van der Waals surface area contributed by atoms with Crippen LogP contribution < -0.4 is 25.6 Å². The number of aromatic nitrogens is 2. The number of amides is 1. The molecule has 5 N–H and O–H groups in total. The number of ether oxygens (including phenoxy) is 1. The van der Waals surface area contributed by atoms with Gasteiger partial charge in [-0.2, -0.15) is 5.48 Å². The molecule has 0 fully saturated rings. The third kappa shape index (κ3) is 8.19. The fraction of sp³-hybridized carbons (Fsp3) is 0.129. The molecule has 0 unspecified atom stereocenters. The highest BCUT2D eigenvalue weighted by atomic mass is 32.2. The van der Waals surface area contributed by atoms with Crippen molar-refractivity contribution in [3.63, 3.8) is 0 Å². The summed E-state index contributed by atoms with van der Waals surface area (Å²) in [6.07, 6.45) is 0. The van der Waals surface area contributed by atoms with Crippen molar-refractivity contribution >= 4 is 50.0 Å². The Balaban J connectivity index is 0.00000442. The molecule has 4 aromatic carbocycles. The molecular weight excluding hydrogens is 584 g/mol. The van der Waals surface area contributed by atoms with Crippen molar-refractivity contribution in [2.45, 2.75) is 18.9 Å². The minimum Gasteiger partial charge on any atom is -0.508 e. The van der Waals surface area contributed by atoms with Crippen LogP contribution in [0, 0.1) is 0 Å². The van der Waals surface area contributed by atoms with Crippen LogP contribution in [0.2, 0.25) is 0 Å². The van der Waals surface area contributed by atoms with E-state index in [1.54, 1.807) is 36.4 Å². The maximum Gasteiger partial charge on any atom is 0.263 e. The van der Waals surface area contributed by atoms with Crippen molar-refractivity contribution < 1.29 is 27.9 Å². The van der Waals surface area contributed by atoms with Gasteiger partial charge in [-0.25, -0.2) is 18.4 Å². The Morgan fingerprint density at radius 2 is 1.55 bits per heavy atom. The van der Waals surface area contributed by atoms with Gasteiger partial charge in [0.25, 0.3) is 10.0 Å². The number of carbonyl (C=O) groups is 1. The minimum absolute atomic E-state index is 0. The number of carbonyl (C=O) groups excluding carboxylic acids is 1. The van der Waals surface area contributed by atoms with E-state index in [2.05, 4.69) is 30.8 Å². The summed E-state index contributed by atoms with van der Waals surface area (Å²) < 4.78 is 34.6. The zero-order valence-corrected chi connectivity index (χ0v) is 23.8. The molecule has 0 saturated heterocycles. The molecule has 1 amide bonds. The fourth-order valence-electron chi connectivity index (χ4n) is 4.03. The van der Waals surface area contributed by atoms with Gasteiger partial charge in [-0.3, -0.25) is 14.4 Å². The SMILES string of the molecule is C.COc1cc(O)cc(Nc2nc3ccccc3nc2NS(=O)(=O)c2cccc(NC(=O)CNOCc3ccccc3)c2)c1. The Labute approximate surface area is 255 Å². The van der Waals surface area contributed by atoms with Crippen LogP contribution in [-0.4, -0.2) is 43.1 Å². The van der Waals surface area contributed by atoms with Crippen molar-refractivity contribution in [3.8, 4) is 11.5 Å². The van der Waals surface area contributed by atoms with Crippen LogP contribution >= 0.6 is 0 Å². The molecule has 1 heterocycles. The van der Waals surface area contributed by atoms with E-state index < -0.39 is 15.9 Å². The number of phenolic OH excluding ortho intramolecular Hbond substituents is 1. The van der Waals surface area contributed by atoms with Crippen LogP contribution in [0.25, 0.3) is 11.0 Å². The highest BCUT2D eigenvalue weighted by molar-refractivity contribution is 7.92. The Bertz CT molecular complexity index is 1850. The number of nitrogens with zero attached hydrogens (tertiary/aromatic N) is 2. The van der Waals surface area contributed by atoms with Crippen LogP contribution in [0.1, 0.15) is 13.0 Å². The molecule has 1 aromatic heterocycles. The summed E-state index contributed by atoms with van der Waals surface area (Å²) in [5.41, 5.74) is 5.18. The zero-order chi connectivity index (χ0) is 30.2. The molecule has 0 aliphatic rings. The topological polar surface area (TPSA) is 164 Å². The largest absolute Gasteiger partial charge is 0.508 e. The number of hydroxylamine groups is 1. The first-order valence-corrected chi connectivity index (χ1v) is 14.5. The van der Waals surface area contributed by atoms with Gasteiger partial charge in [0.05, 0.1) is 29.6 Å². The number of rotatable bonds is 12. The molecule has 0 spiro atoms. The van der Waals surface area contributed by atoms with Gasteiger partial charge in [0.15, 0.2) is 11.6 Å². The number of anilines is 4. The standard InChI is InChI=1S/C30H28N6O6S.CH4/c1-41-24-15-22(14-23(37)17-24)33-29-30(35-27-13-6-5-12-26(27)34-29)36-43(39,40)25-11-7-10-21(16-25)32-28(38)18-31-42-19-20-8-3-2-4-9-20;/h2-17,31,37H,18-19H2,1H3,(H,32,38)(H,33,34)(H,35,36);1H4. The summed E-state index contributed by atoms with van der Waals surface area (Å²) in [5.74, 6) is -0.0788. The van der Waals surface area contributed by atoms with E-state index in [4.69, 9.17) is 9.57 Å². The molecule has 228 valence electrons. The van der Waals surface area contributed by atoms with E-state index in [1.807, 2.05) is 30.3 Å². The second-order valence-corrected chi connectivity index (χ2v) is 10.9. The third-order valence-electron chi connectivity index (χ3n) is 6.04. The quantitative estimate of drug-likeness (QED) is 0.0932. The highest BCUT2D eigenvalue weighted by Crippen LogP contribution is 2.31. The summed E-state index contributed by atoms with van der Waals surface area (Å²) in [7, 11) is -2.73. The summed E-state index contributed by atoms with van der Waals surface area (Å²) in [6, 6.07) is 26.7. The molecular formula is C31H32N6O6S. The van der Waals surface area contributed by atoms with E-state index in [0.29, 0.717) is 22.5 Å². The monoisotopic (exact) mass is 616 g/mol. The number of nitrogens with one attached hydrogen (secondary N) is 4. The number of hydrogen-bond donors (Lipinski definition) is 5. The number of hydrogen-bond acceptors (Lipinski definition) is 10. The number of phenols is 1. The van der Waals surface area contributed by atoms with Gasteiger partial charge in [0.2, 0.25) is 5.91 Å². The lowest BCUT2D eigenvalue weighted by Crippen LogP contribution is -2.28. The van der Waals surface area contributed by atoms with Crippen LogP contribution in [0.4, 0.5) is 23.0 Å². The number of fused-ring (bicyclic) bond motifs is 1. The predicted octanol–water partition coefficient (Wildman–Crippen LogP) is 5.18. The molecule has 0 atom stereocenters. The average molecular weight is 617 g/mol. The van der Waals surface area contributed by atoms with E-state index in [0.717, 1.165) is 5.56 Å². The Kier molecular flexibility index (Phi) is 10.3. The second kappa shape index (κ2) is 14.3. The van der Waals surface area contributed by atoms with E-state index in [1.165, 1.54) is 37.4 Å². The normalized spacial score (nSPS) is 10.9. The summed E-state index contributed by atoms with van der Waals surface area (Å²) in [4.78, 5) is 26.7. The van der Waals surface area contributed by atoms with Crippen LogP contribution in [0.15, 0.2) is 102 Å². The minimum atomic E-state index is -4.19. The highest BCUT2D eigenvalue weighted by Gasteiger charge is 2.20. The van der Waals surface area contributed by atoms with Gasteiger partial charge in [0, 0.05) is 29.6 Å². The lowest BCUT2D eigenvalue weighted by Gasteiger charge is -2.15. The Morgan fingerprint density at radius 3 is 2.27 bits per heavy atom. The second-order valence-electron chi connectivity index (χ2n) is 9.23. The van der Waals surface area contributed by atoms with Crippen molar-refractivity contribution in [2.75, 3.05) is 29.0 Å². The number of para-hydroxylation sites is 2. The van der Waals surface area contributed by atoms with Gasteiger partial charge >= 0.3 is 0 Å². The molecule has 0 aliphatic carbocycles. The molecule has 0 radical (unpaired) electrons. The first-order chi connectivity index (χ1) is 20.8. The van der Waals surface area contributed by atoms with E-state index in [9.17, 15) is 18.3 Å². The lowest BCUT2D eigenvalue weighted by atomic mass is 10.2. The van der Waals surface area contributed by atoms with Crippen LogP contribution in [-0.2, 0) is 26.3 Å². The Hall–Kier alpha value is -5.24. The van der Waals surface area contributed by atoms with Gasteiger partial charge in [-0.05, 0) is 35.9 Å². The van der Waals surface area contributed by atoms with Crippen LogP contribution in [0.5, 0.6) is 11.5 Å². The maximum atomic E-state index is 13.5. The van der Waals surface area contributed by atoms with Crippen molar-refractivity contribution in [1.82, 2.24) is 15.4 Å². The number of benzene rings is 4. The molecule has 5 rings (SSSR count). The molecule has 0 aliphatic heterocycles. The number of methoxy groups -OCH3 is 1. The van der Waals surface area contributed by atoms with Crippen LogP contribution in [0.3, 0.4) is 0 Å². The van der Waals surface area contributed by atoms with Gasteiger partial charge in [-0.15, -0.1) is 0 Å². The fourth-order valence-corrected chi connectivity index (χ4v) is 5.08. The third-order valence-corrected chi connectivity index (χ3v) is 7.37. The van der Waals surface area contributed by atoms with E-state index in [-0.39, 0.29) is 48.5 Å². The maximum absolute atomic E-state index is 13.5. The molecule has 5 aromatic rings. The molecule has 44 heavy (non-hydrogen) atoms. The van der Waals surface area contributed by atoms with Gasteiger partial charge in [0.1, 0.15) is 18.0 Å².